The molecule has 0 unspecified atom stereocenters. The molecule has 21 heavy (non-hydrogen) atoms. The van der Waals surface area contributed by atoms with Gasteiger partial charge in [-0.05, 0) is 35.9 Å². The van der Waals surface area contributed by atoms with E-state index >= 15 is 0 Å². The third kappa shape index (κ3) is 4.59. The SMILES string of the molecule is NS(=O)(=O)c1ccc(C=CC(=O)NCc2ccco2)cc1. The number of nitrogens with two attached hydrogens (primary N) is 1. The predicted octanol–water partition coefficient (Wildman–Crippen LogP) is 1.26. The molecule has 7 heteroatoms. The molecule has 1 aromatic carbocycles. The van der Waals surface area contributed by atoms with Crippen LogP contribution in [0.25, 0.3) is 6.08 Å². The molecule has 0 radical (unpaired) electrons. The maximum absolute atomic E-state index is 11.6. The Balaban J connectivity index is 1.93. The average molecular weight is 306 g/mol. The second kappa shape index (κ2) is 6.38. The van der Waals surface area contributed by atoms with Gasteiger partial charge in [-0.1, -0.05) is 12.1 Å². The van der Waals surface area contributed by atoms with Crippen molar-refractivity contribution in [2.24, 2.45) is 5.14 Å². The van der Waals surface area contributed by atoms with Crippen molar-refractivity contribution in [3.63, 3.8) is 0 Å². The lowest BCUT2D eigenvalue weighted by atomic mass is 10.2. The van der Waals surface area contributed by atoms with Crippen LogP contribution in [0.15, 0.2) is 58.1 Å². The van der Waals surface area contributed by atoms with E-state index in [-0.39, 0.29) is 10.8 Å². The van der Waals surface area contributed by atoms with Crippen LogP contribution in [-0.2, 0) is 21.4 Å². The topological polar surface area (TPSA) is 102 Å². The molecule has 0 bridgehead atoms. The molecule has 1 aromatic heterocycles. The van der Waals surface area contributed by atoms with E-state index in [4.69, 9.17) is 9.56 Å². The van der Waals surface area contributed by atoms with E-state index in [1.807, 2.05) is 0 Å². The number of nitrogens with one attached hydrogen (secondary N) is 1. The summed E-state index contributed by atoms with van der Waals surface area (Å²) in [6.07, 6.45) is 4.46. The average Bonchev–Trinajstić information content (AvgIpc) is 2.95. The second-order valence-electron chi connectivity index (χ2n) is 4.24. The number of furan rings is 1. The minimum absolute atomic E-state index is 0.0296. The highest BCUT2D eigenvalue weighted by Gasteiger charge is 2.05. The Labute approximate surface area is 122 Å². The summed E-state index contributed by atoms with van der Waals surface area (Å²) in [6.45, 7) is 0.306. The molecule has 110 valence electrons. The highest BCUT2D eigenvalue weighted by atomic mass is 32.2. The van der Waals surface area contributed by atoms with E-state index in [2.05, 4.69) is 5.32 Å². The van der Waals surface area contributed by atoms with Crippen molar-refractivity contribution < 1.29 is 17.6 Å². The normalized spacial score (nSPS) is 11.7. The van der Waals surface area contributed by atoms with Crippen LogP contribution in [0.5, 0.6) is 0 Å². The van der Waals surface area contributed by atoms with Crippen LogP contribution in [0.1, 0.15) is 11.3 Å². The summed E-state index contributed by atoms with van der Waals surface area (Å²) in [6, 6.07) is 9.40. The van der Waals surface area contributed by atoms with Crippen LogP contribution in [0, 0.1) is 0 Å². The van der Waals surface area contributed by atoms with Crippen LogP contribution < -0.4 is 10.5 Å². The quantitative estimate of drug-likeness (QED) is 0.812. The number of sulfonamides is 1. The zero-order chi connectivity index (χ0) is 15.3. The van der Waals surface area contributed by atoms with Gasteiger partial charge in [-0.25, -0.2) is 13.6 Å². The van der Waals surface area contributed by atoms with Gasteiger partial charge in [0.2, 0.25) is 15.9 Å². The first-order valence-corrected chi connectivity index (χ1v) is 7.61. The number of carbonyl (C=O) groups excluding carboxylic acids is 1. The van der Waals surface area contributed by atoms with Crippen molar-refractivity contribution in [3.8, 4) is 0 Å². The summed E-state index contributed by atoms with van der Waals surface area (Å²) in [5.74, 6) is 0.385. The summed E-state index contributed by atoms with van der Waals surface area (Å²) >= 11 is 0. The van der Waals surface area contributed by atoms with E-state index in [0.717, 1.165) is 0 Å². The molecule has 2 aromatic rings. The molecule has 0 saturated carbocycles. The Morgan fingerprint density at radius 2 is 1.95 bits per heavy atom. The van der Waals surface area contributed by atoms with E-state index < -0.39 is 10.0 Å². The lowest BCUT2D eigenvalue weighted by Gasteiger charge is -2.00. The highest BCUT2D eigenvalue weighted by Crippen LogP contribution is 2.09. The van der Waals surface area contributed by atoms with Crippen molar-refractivity contribution in [2.75, 3.05) is 0 Å². The lowest BCUT2D eigenvalue weighted by Crippen LogP contribution is -2.19. The number of hydrogen-bond acceptors (Lipinski definition) is 4. The van der Waals surface area contributed by atoms with Gasteiger partial charge in [0.05, 0.1) is 17.7 Å². The summed E-state index contributed by atoms with van der Waals surface area (Å²) in [5, 5.41) is 7.65. The van der Waals surface area contributed by atoms with Crippen LogP contribution in [0.4, 0.5) is 0 Å². The molecule has 0 aliphatic heterocycles. The molecule has 0 saturated heterocycles. The van der Waals surface area contributed by atoms with Crippen LogP contribution in [0.3, 0.4) is 0 Å². The maximum Gasteiger partial charge on any atom is 0.244 e. The Morgan fingerprint density at radius 1 is 1.24 bits per heavy atom. The van der Waals surface area contributed by atoms with Gasteiger partial charge in [-0.3, -0.25) is 4.79 Å². The maximum atomic E-state index is 11.6. The standard InChI is InChI=1S/C14H14N2O4S/c15-21(18,19)13-6-3-11(4-7-13)5-8-14(17)16-10-12-2-1-9-20-12/h1-9H,10H2,(H,16,17)(H2,15,18,19). The number of hydrogen-bond donors (Lipinski definition) is 2. The fourth-order valence-electron chi connectivity index (χ4n) is 1.59. The summed E-state index contributed by atoms with van der Waals surface area (Å²) in [4.78, 5) is 11.6. The molecule has 0 spiro atoms. The Bertz CT molecular complexity index is 732. The molecule has 0 aliphatic carbocycles. The Hall–Kier alpha value is -2.38. The van der Waals surface area contributed by atoms with Crippen molar-refractivity contribution in [3.05, 3.63) is 60.1 Å². The number of benzene rings is 1. The first kappa shape index (κ1) is 15.0. The predicted molar refractivity (Wildman–Crippen MR) is 77.4 cm³/mol. The minimum atomic E-state index is -3.70. The molecular formula is C14H14N2O4S. The van der Waals surface area contributed by atoms with Gasteiger partial charge < -0.3 is 9.73 Å². The van der Waals surface area contributed by atoms with Gasteiger partial charge in [-0.15, -0.1) is 0 Å². The molecule has 2 rings (SSSR count). The van der Waals surface area contributed by atoms with Crippen molar-refractivity contribution >= 4 is 22.0 Å². The fraction of sp³-hybridized carbons (Fsp3) is 0.0714. The Morgan fingerprint density at radius 3 is 2.52 bits per heavy atom. The van der Waals surface area contributed by atoms with Gasteiger partial charge in [0.25, 0.3) is 0 Å². The van der Waals surface area contributed by atoms with Crippen LogP contribution >= 0.6 is 0 Å². The van der Waals surface area contributed by atoms with Crippen LogP contribution in [0.2, 0.25) is 0 Å². The third-order valence-corrected chi connectivity index (χ3v) is 3.58. The van der Waals surface area contributed by atoms with Crippen molar-refractivity contribution in [1.29, 1.82) is 0 Å². The number of rotatable bonds is 5. The van der Waals surface area contributed by atoms with E-state index in [0.29, 0.717) is 17.9 Å². The number of primary sulfonamides is 1. The van der Waals surface area contributed by atoms with Gasteiger partial charge in [0, 0.05) is 6.08 Å². The summed E-state index contributed by atoms with van der Waals surface area (Å²) < 4.78 is 27.3. The van der Waals surface area contributed by atoms with E-state index in [1.165, 1.54) is 24.5 Å². The molecule has 0 fully saturated rings. The molecular weight excluding hydrogens is 292 g/mol. The highest BCUT2D eigenvalue weighted by molar-refractivity contribution is 7.89. The summed E-state index contributed by atoms with van der Waals surface area (Å²) in [5.41, 5.74) is 0.690. The third-order valence-electron chi connectivity index (χ3n) is 2.65. The van der Waals surface area contributed by atoms with E-state index in [9.17, 15) is 13.2 Å². The molecule has 0 aliphatic rings. The zero-order valence-electron chi connectivity index (χ0n) is 11.0. The largest absolute Gasteiger partial charge is 0.467 e. The lowest BCUT2D eigenvalue weighted by molar-refractivity contribution is -0.116. The van der Waals surface area contributed by atoms with Crippen molar-refractivity contribution in [2.45, 2.75) is 11.4 Å². The smallest absolute Gasteiger partial charge is 0.244 e. The zero-order valence-corrected chi connectivity index (χ0v) is 11.8. The molecule has 1 amide bonds. The first-order chi connectivity index (χ1) is 9.95. The molecule has 0 atom stereocenters. The Kier molecular flexibility index (Phi) is 4.56. The minimum Gasteiger partial charge on any atom is -0.467 e. The van der Waals surface area contributed by atoms with E-state index in [1.54, 1.807) is 30.3 Å². The fourth-order valence-corrected chi connectivity index (χ4v) is 2.10. The van der Waals surface area contributed by atoms with Gasteiger partial charge in [0.1, 0.15) is 5.76 Å². The molecule has 3 N–H and O–H groups in total. The van der Waals surface area contributed by atoms with Crippen LogP contribution in [-0.4, -0.2) is 14.3 Å². The van der Waals surface area contributed by atoms with Gasteiger partial charge in [0.15, 0.2) is 0 Å². The molecule has 6 nitrogen and oxygen atoms in total. The summed E-state index contributed by atoms with van der Waals surface area (Å²) in [7, 11) is -3.70. The molecule has 1 heterocycles. The van der Waals surface area contributed by atoms with Gasteiger partial charge in [-0.2, -0.15) is 0 Å². The number of amides is 1. The number of carbonyl (C=O) groups is 1. The second-order valence-corrected chi connectivity index (χ2v) is 5.81. The van der Waals surface area contributed by atoms with Crippen molar-refractivity contribution in [1.82, 2.24) is 5.32 Å². The monoisotopic (exact) mass is 306 g/mol. The first-order valence-electron chi connectivity index (χ1n) is 6.06. The van der Waals surface area contributed by atoms with Gasteiger partial charge >= 0.3 is 0 Å².